The minimum absolute atomic E-state index is 0.00414. The van der Waals surface area contributed by atoms with Crippen LogP contribution in [0.1, 0.15) is 50.5 Å². The van der Waals surface area contributed by atoms with Crippen molar-refractivity contribution >= 4 is 17.5 Å². The van der Waals surface area contributed by atoms with Gasteiger partial charge in [-0.3, -0.25) is 9.59 Å². The van der Waals surface area contributed by atoms with Gasteiger partial charge in [-0.15, -0.1) is 0 Å². The Kier molecular flexibility index (Phi) is 5.53. The van der Waals surface area contributed by atoms with Crippen LogP contribution in [0, 0.1) is 5.92 Å². The predicted molar refractivity (Wildman–Crippen MR) is 91.4 cm³/mol. The molecule has 1 aromatic rings. The van der Waals surface area contributed by atoms with Crippen molar-refractivity contribution < 1.29 is 22.8 Å². The number of carbonyl (C=O) groups excluding carboxylic acids is 2. The summed E-state index contributed by atoms with van der Waals surface area (Å²) in [6.07, 6.45) is 2.33. The number of alkyl halides is 3. The van der Waals surface area contributed by atoms with Crippen molar-refractivity contribution in [3.8, 4) is 0 Å². The Balaban J connectivity index is 1.59. The number of benzene rings is 1. The highest BCUT2D eigenvalue weighted by Gasteiger charge is 2.38. The zero-order valence-electron chi connectivity index (χ0n) is 14.5. The van der Waals surface area contributed by atoms with Crippen molar-refractivity contribution in [2.24, 2.45) is 5.92 Å². The second-order valence-corrected chi connectivity index (χ2v) is 7.16. The maximum absolute atomic E-state index is 12.6. The Labute approximate surface area is 150 Å². The molecule has 4 nitrogen and oxygen atoms in total. The van der Waals surface area contributed by atoms with Crippen molar-refractivity contribution in [2.45, 2.75) is 57.2 Å². The fourth-order valence-corrected chi connectivity index (χ4v) is 3.82. The lowest BCUT2D eigenvalue weighted by Gasteiger charge is -2.27. The molecule has 0 bridgehead atoms. The van der Waals surface area contributed by atoms with Crippen LogP contribution in [0.25, 0.3) is 0 Å². The summed E-state index contributed by atoms with van der Waals surface area (Å²) in [5.41, 5.74) is -0.450. The van der Waals surface area contributed by atoms with E-state index in [4.69, 9.17) is 0 Å². The molecule has 1 unspecified atom stereocenters. The van der Waals surface area contributed by atoms with E-state index in [-0.39, 0.29) is 24.3 Å². The van der Waals surface area contributed by atoms with Gasteiger partial charge >= 0.3 is 6.18 Å². The normalized spacial score (nSPS) is 22.3. The number of nitrogens with one attached hydrogen (secondary N) is 1. The molecule has 1 N–H and O–H groups in total. The van der Waals surface area contributed by atoms with E-state index in [1.54, 1.807) is 0 Å². The molecule has 0 radical (unpaired) electrons. The number of amides is 2. The molecule has 3 rings (SSSR count). The summed E-state index contributed by atoms with van der Waals surface area (Å²) in [5, 5.41) is 2.63. The molecule has 0 spiro atoms. The first-order valence-electron chi connectivity index (χ1n) is 9.12. The smallest absolute Gasteiger partial charge is 0.339 e. The van der Waals surface area contributed by atoms with Gasteiger partial charge in [0.05, 0.1) is 11.5 Å². The number of hydrogen-bond acceptors (Lipinski definition) is 2. The average molecular weight is 368 g/mol. The van der Waals surface area contributed by atoms with E-state index < -0.39 is 17.7 Å². The van der Waals surface area contributed by atoms with Crippen LogP contribution in [0.4, 0.5) is 18.9 Å². The number of likely N-dealkylation sites (tertiary alicyclic amines) is 1. The molecule has 1 saturated carbocycles. The second-order valence-electron chi connectivity index (χ2n) is 7.16. The standard InChI is InChI=1S/C19H23F3N2O2/c20-19(21,22)14-7-9-15(10-8-14)23-18(26)13-11-17(25)24(12-13)16-5-3-1-2-4-6-16/h7-10,13,16H,1-6,11-12H2,(H,23,26). The first-order valence-corrected chi connectivity index (χ1v) is 9.12. The SMILES string of the molecule is O=C(Nc1ccc(C(F)(F)F)cc1)C1CC(=O)N(C2CCCCCC2)C1. The number of hydrogen-bond donors (Lipinski definition) is 1. The van der Waals surface area contributed by atoms with Gasteiger partial charge in [0, 0.05) is 24.7 Å². The fourth-order valence-electron chi connectivity index (χ4n) is 3.82. The van der Waals surface area contributed by atoms with Gasteiger partial charge in [0.2, 0.25) is 11.8 Å². The van der Waals surface area contributed by atoms with Crippen molar-refractivity contribution in [1.82, 2.24) is 4.90 Å². The number of nitrogens with zero attached hydrogens (tertiary/aromatic N) is 1. The summed E-state index contributed by atoms with van der Waals surface area (Å²) in [6, 6.07) is 4.57. The zero-order valence-corrected chi connectivity index (χ0v) is 14.5. The van der Waals surface area contributed by atoms with E-state index in [2.05, 4.69) is 5.32 Å². The molecule has 2 fully saturated rings. The molecule has 142 valence electrons. The molecule has 1 aliphatic carbocycles. The maximum Gasteiger partial charge on any atom is 0.416 e. The van der Waals surface area contributed by atoms with Gasteiger partial charge in [-0.2, -0.15) is 13.2 Å². The summed E-state index contributed by atoms with van der Waals surface area (Å²) in [7, 11) is 0. The minimum atomic E-state index is -4.40. The summed E-state index contributed by atoms with van der Waals surface area (Å²) in [6.45, 7) is 0.399. The predicted octanol–water partition coefficient (Wildman–Crippen LogP) is 4.22. The summed E-state index contributed by atoms with van der Waals surface area (Å²) >= 11 is 0. The second kappa shape index (κ2) is 7.68. The van der Waals surface area contributed by atoms with Gasteiger partial charge in [-0.1, -0.05) is 25.7 Å². The monoisotopic (exact) mass is 368 g/mol. The molecule has 26 heavy (non-hydrogen) atoms. The van der Waals surface area contributed by atoms with E-state index in [1.807, 2.05) is 4.90 Å². The largest absolute Gasteiger partial charge is 0.416 e. The summed E-state index contributed by atoms with van der Waals surface area (Å²) < 4.78 is 37.8. The molecule has 2 aliphatic rings. The molecule has 0 aromatic heterocycles. The molecule has 1 atom stereocenters. The minimum Gasteiger partial charge on any atom is -0.339 e. The van der Waals surface area contributed by atoms with Crippen LogP contribution < -0.4 is 5.32 Å². The van der Waals surface area contributed by atoms with Gasteiger partial charge in [0.15, 0.2) is 0 Å². The number of carbonyl (C=O) groups is 2. The Morgan fingerprint density at radius 1 is 1.04 bits per heavy atom. The van der Waals surface area contributed by atoms with Gasteiger partial charge in [-0.05, 0) is 37.1 Å². The molecule has 1 aliphatic heterocycles. The quantitative estimate of drug-likeness (QED) is 0.813. The lowest BCUT2D eigenvalue weighted by molar-refractivity contribution is -0.137. The summed E-state index contributed by atoms with van der Waals surface area (Å²) in [5.74, 6) is -0.758. The Hall–Kier alpha value is -2.05. The third-order valence-electron chi connectivity index (χ3n) is 5.27. The number of halogens is 3. The van der Waals surface area contributed by atoms with E-state index >= 15 is 0 Å². The van der Waals surface area contributed by atoms with Crippen molar-refractivity contribution in [1.29, 1.82) is 0 Å². The number of rotatable bonds is 3. The Morgan fingerprint density at radius 3 is 2.23 bits per heavy atom. The van der Waals surface area contributed by atoms with Crippen LogP contribution in [-0.4, -0.2) is 29.3 Å². The first-order chi connectivity index (χ1) is 12.3. The molecule has 2 amide bonds. The van der Waals surface area contributed by atoms with Crippen molar-refractivity contribution in [3.05, 3.63) is 29.8 Å². The number of anilines is 1. The fraction of sp³-hybridized carbons (Fsp3) is 0.579. The van der Waals surface area contributed by atoms with E-state index in [9.17, 15) is 22.8 Å². The van der Waals surface area contributed by atoms with Crippen LogP contribution >= 0.6 is 0 Å². The highest BCUT2D eigenvalue weighted by Crippen LogP contribution is 2.31. The van der Waals surface area contributed by atoms with Gasteiger partial charge in [-0.25, -0.2) is 0 Å². The van der Waals surface area contributed by atoms with Crippen molar-refractivity contribution in [3.63, 3.8) is 0 Å². The van der Waals surface area contributed by atoms with Gasteiger partial charge in [0.1, 0.15) is 0 Å². The zero-order chi connectivity index (χ0) is 18.7. The van der Waals surface area contributed by atoms with Crippen LogP contribution in [-0.2, 0) is 15.8 Å². The third kappa shape index (κ3) is 4.37. The lowest BCUT2D eigenvalue weighted by Crippen LogP contribution is -2.37. The maximum atomic E-state index is 12.6. The lowest BCUT2D eigenvalue weighted by atomic mass is 10.1. The Bertz CT molecular complexity index is 650. The first kappa shape index (κ1) is 18.7. The molecule has 1 saturated heterocycles. The van der Waals surface area contributed by atoms with Crippen LogP contribution in [0.2, 0.25) is 0 Å². The van der Waals surface area contributed by atoms with E-state index in [1.165, 1.54) is 25.0 Å². The van der Waals surface area contributed by atoms with Gasteiger partial charge < -0.3 is 10.2 Å². The van der Waals surface area contributed by atoms with E-state index in [0.29, 0.717) is 12.2 Å². The van der Waals surface area contributed by atoms with Crippen LogP contribution in [0.5, 0.6) is 0 Å². The molecular formula is C19H23F3N2O2. The van der Waals surface area contributed by atoms with Crippen molar-refractivity contribution in [2.75, 3.05) is 11.9 Å². The molecular weight excluding hydrogens is 345 g/mol. The average Bonchev–Trinajstić information content (AvgIpc) is 2.80. The molecule has 1 aromatic carbocycles. The molecule has 1 heterocycles. The highest BCUT2D eigenvalue weighted by atomic mass is 19.4. The third-order valence-corrected chi connectivity index (χ3v) is 5.27. The van der Waals surface area contributed by atoms with Crippen LogP contribution in [0.3, 0.4) is 0 Å². The topological polar surface area (TPSA) is 49.4 Å². The Morgan fingerprint density at radius 2 is 1.65 bits per heavy atom. The molecule has 7 heteroatoms. The van der Waals surface area contributed by atoms with Gasteiger partial charge in [0.25, 0.3) is 0 Å². The van der Waals surface area contributed by atoms with Crippen LogP contribution in [0.15, 0.2) is 24.3 Å². The highest BCUT2D eigenvalue weighted by molar-refractivity contribution is 5.97. The van der Waals surface area contributed by atoms with E-state index in [0.717, 1.165) is 37.8 Å². The summed E-state index contributed by atoms with van der Waals surface area (Å²) in [4.78, 5) is 26.6.